The van der Waals surface area contributed by atoms with Crippen LogP contribution in [0.25, 0.3) is 0 Å². The number of halogens is 1. The molecule has 1 aromatic rings. The maximum absolute atomic E-state index is 10.9. The standard InChI is InChI=1S/C11H10ClNO2/c1-2-10(14)15-9-6-5-8(7-3-4-7)13-11(9)12/h2,5-7H,1,3-4H2. The Bertz CT molecular complexity index is 413. The average Bonchev–Trinajstić information content (AvgIpc) is 3.04. The molecular formula is C11H10ClNO2. The Morgan fingerprint density at radius 2 is 2.33 bits per heavy atom. The fraction of sp³-hybridized carbons (Fsp3) is 0.273. The molecule has 1 aliphatic rings. The van der Waals surface area contributed by atoms with Gasteiger partial charge >= 0.3 is 5.97 Å². The van der Waals surface area contributed by atoms with E-state index in [0.717, 1.165) is 24.6 Å². The topological polar surface area (TPSA) is 39.2 Å². The van der Waals surface area contributed by atoms with Crippen molar-refractivity contribution >= 4 is 17.6 Å². The van der Waals surface area contributed by atoms with E-state index < -0.39 is 5.97 Å². The number of hydrogen-bond donors (Lipinski definition) is 0. The molecule has 0 radical (unpaired) electrons. The fourth-order valence-electron chi connectivity index (χ4n) is 1.27. The smallest absolute Gasteiger partial charge is 0.335 e. The summed E-state index contributed by atoms with van der Waals surface area (Å²) >= 11 is 5.88. The fourth-order valence-corrected chi connectivity index (χ4v) is 1.47. The normalized spacial score (nSPS) is 14.7. The van der Waals surface area contributed by atoms with Gasteiger partial charge in [0.2, 0.25) is 0 Å². The van der Waals surface area contributed by atoms with Crippen molar-refractivity contribution in [1.82, 2.24) is 4.98 Å². The van der Waals surface area contributed by atoms with Crippen molar-refractivity contribution in [2.45, 2.75) is 18.8 Å². The summed E-state index contributed by atoms with van der Waals surface area (Å²) in [5.74, 6) is 0.287. The zero-order valence-corrected chi connectivity index (χ0v) is 8.83. The zero-order chi connectivity index (χ0) is 10.8. The number of carbonyl (C=O) groups excluding carboxylic acids is 1. The summed E-state index contributed by atoms with van der Waals surface area (Å²) in [6, 6.07) is 3.51. The van der Waals surface area contributed by atoms with Gasteiger partial charge in [-0.25, -0.2) is 9.78 Å². The molecule has 15 heavy (non-hydrogen) atoms. The first-order valence-electron chi connectivity index (χ1n) is 4.71. The maximum atomic E-state index is 10.9. The molecule has 4 heteroatoms. The van der Waals surface area contributed by atoms with Crippen LogP contribution in [0.4, 0.5) is 0 Å². The van der Waals surface area contributed by atoms with E-state index in [1.807, 2.05) is 6.07 Å². The van der Waals surface area contributed by atoms with Crippen LogP contribution >= 0.6 is 11.6 Å². The number of esters is 1. The molecule has 1 aromatic heterocycles. The number of carbonyl (C=O) groups is 1. The van der Waals surface area contributed by atoms with Gasteiger partial charge in [-0.1, -0.05) is 18.2 Å². The summed E-state index contributed by atoms with van der Waals surface area (Å²) < 4.78 is 4.90. The lowest BCUT2D eigenvalue weighted by atomic mass is 10.2. The molecule has 1 heterocycles. The number of pyridine rings is 1. The number of hydrogen-bond acceptors (Lipinski definition) is 3. The lowest BCUT2D eigenvalue weighted by Gasteiger charge is -2.04. The van der Waals surface area contributed by atoms with Gasteiger partial charge in [0, 0.05) is 17.7 Å². The van der Waals surface area contributed by atoms with Crippen molar-refractivity contribution in [2.75, 3.05) is 0 Å². The molecule has 0 atom stereocenters. The average molecular weight is 224 g/mol. The zero-order valence-electron chi connectivity index (χ0n) is 8.07. The highest BCUT2D eigenvalue weighted by Crippen LogP contribution is 2.40. The number of rotatable bonds is 3. The Labute approximate surface area is 92.7 Å². The molecule has 0 aliphatic heterocycles. The van der Waals surface area contributed by atoms with E-state index in [1.54, 1.807) is 6.07 Å². The van der Waals surface area contributed by atoms with E-state index >= 15 is 0 Å². The van der Waals surface area contributed by atoms with Gasteiger partial charge in [0.1, 0.15) is 0 Å². The first kappa shape index (κ1) is 10.2. The van der Waals surface area contributed by atoms with Crippen molar-refractivity contribution in [3.8, 4) is 5.75 Å². The third-order valence-corrected chi connectivity index (χ3v) is 2.48. The van der Waals surface area contributed by atoms with Crippen molar-refractivity contribution in [2.24, 2.45) is 0 Å². The number of nitrogens with zero attached hydrogens (tertiary/aromatic N) is 1. The van der Waals surface area contributed by atoms with Crippen LogP contribution in [-0.2, 0) is 4.79 Å². The van der Waals surface area contributed by atoms with Crippen molar-refractivity contribution in [3.05, 3.63) is 35.6 Å². The molecule has 0 saturated heterocycles. The van der Waals surface area contributed by atoms with Crippen LogP contribution < -0.4 is 4.74 Å². The molecule has 1 saturated carbocycles. The van der Waals surface area contributed by atoms with Gasteiger partial charge in [-0.15, -0.1) is 0 Å². The van der Waals surface area contributed by atoms with Crippen LogP contribution in [0.1, 0.15) is 24.5 Å². The second-order valence-corrected chi connectivity index (χ2v) is 3.78. The van der Waals surface area contributed by atoms with E-state index in [-0.39, 0.29) is 10.9 Å². The summed E-state index contributed by atoms with van der Waals surface area (Å²) in [4.78, 5) is 15.1. The molecule has 0 amide bonds. The monoisotopic (exact) mass is 223 g/mol. The number of aromatic nitrogens is 1. The van der Waals surface area contributed by atoms with Gasteiger partial charge in [-0.2, -0.15) is 0 Å². The molecule has 0 unspecified atom stereocenters. The van der Waals surface area contributed by atoms with Crippen LogP contribution in [0.3, 0.4) is 0 Å². The highest BCUT2D eigenvalue weighted by Gasteiger charge is 2.25. The summed E-state index contributed by atoms with van der Waals surface area (Å²) in [6.07, 6.45) is 3.41. The van der Waals surface area contributed by atoms with Crippen LogP contribution in [0.2, 0.25) is 5.15 Å². The predicted molar refractivity (Wildman–Crippen MR) is 57.1 cm³/mol. The molecule has 0 N–H and O–H groups in total. The third-order valence-electron chi connectivity index (χ3n) is 2.21. The van der Waals surface area contributed by atoms with Crippen molar-refractivity contribution in [1.29, 1.82) is 0 Å². The summed E-state index contributed by atoms with van der Waals surface area (Å²) in [5.41, 5.74) is 0.971. The summed E-state index contributed by atoms with van der Waals surface area (Å²) in [5, 5.41) is 0.231. The highest BCUT2D eigenvalue weighted by molar-refractivity contribution is 6.31. The minimum Gasteiger partial charge on any atom is -0.420 e. The molecule has 2 rings (SSSR count). The summed E-state index contributed by atoms with van der Waals surface area (Å²) in [7, 11) is 0. The first-order valence-corrected chi connectivity index (χ1v) is 5.09. The lowest BCUT2D eigenvalue weighted by molar-refractivity contribution is -0.128. The quantitative estimate of drug-likeness (QED) is 0.449. The minimum absolute atomic E-state index is 0.231. The molecule has 0 spiro atoms. The molecular weight excluding hydrogens is 214 g/mol. The molecule has 1 aliphatic carbocycles. The Hall–Kier alpha value is -1.35. The Morgan fingerprint density at radius 1 is 1.60 bits per heavy atom. The van der Waals surface area contributed by atoms with Gasteiger partial charge in [-0.05, 0) is 25.0 Å². The van der Waals surface area contributed by atoms with E-state index in [1.165, 1.54) is 0 Å². The van der Waals surface area contributed by atoms with Crippen LogP contribution in [-0.4, -0.2) is 11.0 Å². The second-order valence-electron chi connectivity index (χ2n) is 3.42. The third kappa shape index (κ3) is 2.36. The molecule has 1 fully saturated rings. The second kappa shape index (κ2) is 4.03. The van der Waals surface area contributed by atoms with Gasteiger partial charge in [0.05, 0.1) is 0 Å². The maximum Gasteiger partial charge on any atom is 0.335 e. The van der Waals surface area contributed by atoms with Crippen molar-refractivity contribution < 1.29 is 9.53 Å². The SMILES string of the molecule is C=CC(=O)Oc1ccc(C2CC2)nc1Cl. The van der Waals surface area contributed by atoms with E-state index in [2.05, 4.69) is 11.6 Å². The molecule has 0 bridgehead atoms. The Morgan fingerprint density at radius 3 is 2.87 bits per heavy atom. The minimum atomic E-state index is -0.530. The molecule has 78 valence electrons. The van der Waals surface area contributed by atoms with Crippen LogP contribution in [0.5, 0.6) is 5.75 Å². The predicted octanol–water partition coefficient (Wildman–Crippen LogP) is 2.70. The Kier molecular flexibility index (Phi) is 2.73. The largest absolute Gasteiger partial charge is 0.420 e. The van der Waals surface area contributed by atoms with Crippen LogP contribution in [0, 0.1) is 0 Å². The lowest BCUT2D eigenvalue weighted by Crippen LogP contribution is -2.04. The van der Waals surface area contributed by atoms with Crippen LogP contribution in [0.15, 0.2) is 24.8 Å². The van der Waals surface area contributed by atoms with Gasteiger partial charge < -0.3 is 4.74 Å². The van der Waals surface area contributed by atoms with Gasteiger partial charge in [-0.3, -0.25) is 0 Å². The Balaban J connectivity index is 2.18. The molecule has 0 aromatic carbocycles. The number of ether oxygens (including phenoxy) is 1. The van der Waals surface area contributed by atoms with E-state index in [4.69, 9.17) is 16.3 Å². The van der Waals surface area contributed by atoms with Crippen molar-refractivity contribution in [3.63, 3.8) is 0 Å². The summed E-state index contributed by atoms with van der Waals surface area (Å²) in [6.45, 7) is 3.30. The molecule has 3 nitrogen and oxygen atoms in total. The van der Waals surface area contributed by atoms with E-state index in [0.29, 0.717) is 5.92 Å². The van der Waals surface area contributed by atoms with E-state index in [9.17, 15) is 4.79 Å². The van der Waals surface area contributed by atoms with Gasteiger partial charge in [0.25, 0.3) is 0 Å². The first-order chi connectivity index (χ1) is 7.20. The highest BCUT2D eigenvalue weighted by atomic mass is 35.5. The van der Waals surface area contributed by atoms with Gasteiger partial charge in [0.15, 0.2) is 10.9 Å².